The van der Waals surface area contributed by atoms with Crippen LogP contribution in [0.4, 0.5) is 10.5 Å². The van der Waals surface area contributed by atoms with Gasteiger partial charge in [0.25, 0.3) is 0 Å². The van der Waals surface area contributed by atoms with E-state index in [-0.39, 0.29) is 5.41 Å². The summed E-state index contributed by atoms with van der Waals surface area (Å²) in [7, 11) is 0. The molecule has 0 heterocycles. The molecule has 0 radical (unpaired) electrons. The number of amides is 1. The molecule has 1 aliphatic rings. The monoisotopic (exact) mass is 304 g/mol. The lowest BCUT2D eigenvalue weighted by Crippen LogP contribution is -2.37. The quantitative estimate of drug-likeness (QED) is 0.880. The zero-order valence-electron chi connectivity index (χ0n) is 13.9. The SMILES string of the molecule is CC(C)(C)OC(=O)Nc1ccc(C2(CN)CCCCC2)cc1. The van der Waals surface area contributed by atoms with Gasteiger partial charge in [-0.15, -0.1) is 0 Å². The fourth-order valence-electron chi connectivity index (χ4n) is 3.17. The van der Waals surface area contributed by atoms with Gasteiger partial charge < -0.3 is 10.5 Å². The van der Waals surface area contributed by atoms with Crippen molar-refractivity contribution in [1.82, 2.24) is 0 Å². The van der Waals surface area contributed by atoms with Crippen molar-refractivity contribution in [3.8, 4) is 0 Å². The van der Waals surface area contributed by atoms with Crippen molar-refractivity contribution >= 4 is 11.8 Å². The van der Waals surface area contributed by atoms with Gasteiger partial charge in [0.2, 0.25) is 0 Å². The third-order valence-corrected chi connectivity index (χ3v) is 4.34. The molecule has 0 saturated heterocycles. The summed E-state index contributed by atoms with van der Waals surface area (Å²) in [6.07, 6.45) is 5.68. The third-order valence-electron chi connectivity index (χ3n) is 4.34. The lowest BCUT2D eigenvalue weighted by molar-refractivity contribution is 0.0636. The molecule has 3 N–H and O–H groups in total. The van der Waals surface area contributed by atoms with Crippen LogP contribution >= 0.6 is 0 Å². The van der Waals surface area contributed by atoms with Crippen molar-refractivity contribution in [2.24, 2.45) is 5.73 Å². The number of hydrogen-bond acceptors (Lipinski definition) is 3. The van der Waals surface area contributed by atoms with E-state index in [4.69, 9.17) is 10.5 Å². The molecule has 1 aromatic carbocycles. The summed E-state index contributed by atoms with van der Waals surface area (Å²) < 4.78 is 5.26. The van der Waals surface area contributed by atoms with Gasteiger partial charge >= 0.3 is 6.09 Å². The molecule has 0 aliphatic heterocycles. The zero-order valence-corrected chi connectivity index (χ0v) is 13.9. The molecule has 4 nitrogen and oxygen atoms in total. The lowest BCUT2D eigenvalue weighted by Gasteiger charge is -2.37. The van der Waals surface area contributed by atoms with Crippen molar-refractivity contribution in [3.05, 3.63) is 29.8 Å². The maximum Gasteiger partial charge on any atom is 0.412 e. The fraction of sp³-hybridized carbons (Fsp3) is 0.611. The molecule has 0 bridgehead atoms. The van der Waals surface area contributed by atoms with Crippen LogP contribution in [0.5, 0.6) is 0 Å². The number of benzene rings is 1. The first-order valence-electron chi connectivity index (χ1n) is 8.15. The van der Waals surface area contributed by atoms with Crippen LogP contribution in [0.1, 0.15) is 58.4 Å². The van der Waals surface area contributed by atoms with Crippen molar-refractivity contribution in [3.63, 3.8) is 0 Å². The van der Waals surface area contributed by atoms with E-state index in [1.165, 1.54) is 24.8 Å². The Bertz CT molecular complexity index is 497. The largest absolute Gasteiger partial charge is 0.444 e. The topological polar surface area (TPSA) is 64.3 Å². The number of carbonyl (C=O) groups excluding carboxylic acids is 1. The molecule has 0 spiro atoms. The van der Waals surface area contributed by atoms with E-state index < -0.39 is 11.7 Å². The van der Waals surface area contributed by atoms with Crippen molar-refractivity contribution < 1.29 is 9.53 Å². The van der Waals surface area contributed by atoms with Gasteiger partial charge in [0, 0.05) is 17.6 Å². The number of rotatable bonds is 3. The first kappa shape index (κ1) is 16.8. The van der Waals surface area contributed by atoms with Crippen LogP contribution in [0.25, 0.3) is 0 Å². The van der Waals surface area contributed by atoms with Crippen molar-refractivity contribution in [2.75, 3.05) is 11.9 Å². The van der Waals surface area contributed by atoms with Gasteiger partial charge in [-0.1, -0.05) is 31.4 Å². The van der Waals surface area contributed by atoms with Crippen LogP contribution in [0.2, 0.25) is 0 Å². The van der Waals surface area contributed by atoms with E-state index in [9.17, 15) is 4.79 Å². The molecule has 0 atom stereocenters. The molecule has 1 aromatic rings. The Hall–Kier alpha value is -1.55. The van der Waals surface area contributed by atoms with Gasteiger partial charge in [-0.2, -0.15) is 0 Å². The zero-order chi connectivity index (χ0) is 16.2. The van der Waals surface area contributed by atoms with E-state index in [0.717, 1.165) is 18.5 Å². The van der Waals surface area contributed by atoms with Crippen LogP contribution in [0.15, 0.2) is 24.3 Å². The molecule has 2 rings (SSSR count). The molecule has 4 heteroatoms. The van der Waals surface area contributed by atoms with Gasteiger partial charge in [0.05, 0.1) is 0 Å². The molecule has 1 fully saturated rings. The van der Waals surface area contributed by atoms with Gasteiger partial charge in [0.1, 0.15) is 5.60 Å². The average Bonchev–Trinajstić information content (AvgIpc) is 2.46. The van der Waals surface area contributed by atoms with Gasteiger partial charge in [-0.25, -0.2) is 4.79 Å². The van der Waals surface area contributed by atoms with E-state index in [1.54, 1.807) is 0 Å². The molecule has 1 aliphatic carbocycles. The number of nitrogens with two attached hydrogens (primary N) is 1. The second-order valence-corrected chi connectivity index (χ2v) is 7.25. The van der Waals surface area contributed by atoms with E-state index in [2.05, 4.69) is 17.4 Å². The first-order chi connectivity index (χ1) is 10.3. The molecule has 122 valence electrons. The Kier molecular flexibility index (Phi) is 5.12. The smallest absolute Gasteiger partial charge is 0.412 e. The molecule has 1 amide bonds. The Morgan fingerprint density at radius 2 is 1.77 bits per heavy atom. The minimum atomic E-state index is -0.490. The Morgan fingerprint density at radius 3 is 2.27 bits per heavy atom. The van der Waals surface area contributed by atoms with Crippen molar-refractivity contribution in [2.45, 2.75) is 63.9 Å². The van der Waals surface area contributed by atoms with Crippen LogP contribution in [-0.2, 0) is 10.2 Å². The van der Waals surface area contributed by atoms with Crippen LogP contribution in [0.3, 0.4) is 0 Å². The molecular formula is C18H28N2O2. The summed E-state index contributed by atoms with van der Waals surface area (Å²) in [5.41, 5.74) is 7.72. The summed E-state index contributed by atoms with van der Waals surface area (Å²) in [5.74, 6) is 0. The second kappa shape index (κ2) is 6.69. The standard InChI is InChI=1S/C18H28N2O2/c1-17(2,3)22-16(21)20-15-9-7-14(8-10-15)18(13-19)11-5-4-6-12-18/h7-10H,4-6,11-13,19H2,1-3H3,(H,20,21). The summed E-state index contributed by atoms with van der Waals surface area (Å²) in [6, 6.07) is 8.05. The van der Waals surface area contributed by atoms with Crippen LogP contribution < -0.4 is 11.1 Å². The third kappa shape index (κ3) is 4.23. The molecule has 22 heavy (non-hydrogen) atoms. The molecule has 0 unspecified atom stereocenters. The lowest BCUT2D eigenvalue weighted by atomic mass is 9.69. The number of hydrogen-bond donors (Lipinski definition) is 2. The predicted octanol–water partition coefficient (Wildman–Crippen LogP) is 4.19. The highest BCUT2D eigenvalue weighted by atomic mass is 16.6. The Labute approximate surface area is 133 Å². The van der Waals surface area contributed by atoms with Crippen LogP contribution in [-0.4, -0.2) is 18.2 Å². The highest BCUT2D eigenvalue weighted by molar-refractivity contribution is 5.84. The van der Waals surface area contributed by atoms with Gasteiger partial charge in [-0.05, 0) is 51.3 Å². The number of ether oxygens (including phenoxy) is 1. The highest BCUT2D eigenvalue weighted by Gasteiger charge is 2.32. The molecule has 1 saturated carbocycles. The van der Waals surface area contributed by atoms with E-state index >= 15 is 0 Å². The van der Waals surface area contributed by atoms with Crippen LogP contribution in [0, 0.1) is 0 Å². The predicted molar refractivity (Wildman–Crippen MR) is 90.1 cm³/mol. The minimum absolute atomic E-state index is 0.114. The number of nitrogens with one attached hydrogen (secondary N) is 1. The molecular weight excluding hydrogens is 276 g/mol. The summed E-state index contributed by atoms with van der Waals surface area (Å²) in [4.78, 5) is 11.8. The normalized spacial score (nSPS) is 17.8. The second-order valence-electron chi connectivity index (χ2n) is 7.25. The average molecular weight is 304 g/mol. The summed E-state index contributed by atoms with van der Waals surface area (Å²) in [6.45, 7) is 6.24. The van der Waals surface area contributed by atoms with E-state index in [1.807, 2.05) is 32.9 Å². The summed E-state index contributed by atoms with van der Waals surface area (Å²) in [5, 5.41) is 2.77. The minimum Gasteiger partial charge on any atom is -0.444 e. The fourth-order valence-corrected chi connectivity index (χ4v) is 3.17. The van der Waals surface area contributed by atoms with Gasteiger partial charge in [-0.3, -0.25) is 5.32 Å². The number of carbonyl (C=O) groups is 1. The Morgan fingerprint density at radius 1 is 1.18 bits per heavy atom. The Balaban J connectivity index is 2.05. The summed E-state index contributed by atoms with van der Waals surface area (Å²) >= 11 is 0. The highest BCUT2D eigenvalue weighted by Crippen LogP contribution is 2.38. The maximum absolute atomic E-state index is 11.8. The molecule has 0 aromatic heterocycles. The van der Waals surface area contributed by atoms with Crippen molar-refractivity contribution in [1.29, 1.82) is 0 Å². The maximum atomic E-state index is 11.8. The van der Waals surface area contributed by atoms with Gasteiger partial charge in [0.15, 0.2) is 0 Å². The first-order valence-corrected chi connectivity index (χ1v) is 8.15. The number of anilines is 1. The van der Waals surface area contributed by atoms with E-state index in [0.29, 0.717) is 6.54 Å².